The summed E-state index contributed by atoms with van der Waals surface area (Å²) in [5.74, 6) is 0.667. The molecule has 2 aromatic carbocycles. The smallest absolute Gasteiger partial charge is 0.134 e. The number of furan rings is 1. The average molecular weight is 254 g/mol. The van der Waals surface area contributed by atoms with Crippen LogP contribution in [-0.2, 0) is 0 Å². The van der Waals surface area contributed by atoms with Crippen molar-refractivity contribution in [2.24, 2.45) is 0 Å². The van der Waals surface area contributed by atoms with Crippen molar-refractivity contribution in [3.8, 4) is 5.75 Å². The molecule has 1 unspecified atom stereocenters. The van der Waals surface area contributed by atoms with E-state index in [9.17, 15) is 5.11 Å². The molecule has 0 radical (unpaired) electrons. The molecule has 1 N–H and O–H groups in total. The lowest BCUT2D eigenvalue weighted by Crippen LogP contribution is -2.01. The molecule has 0 spiro atoms. The standard InChI is InChI=1S/C16H14O3/c1-18-14-8-4-3-7-12(14)16(17)13-10-19-15-9-5-2-6-11(13)15/h2-10,16-17H,1H3. The summed E-state index contributed by atoms with van der Waals surface area (Å²) in [4.78, 5) is 0. The third-order valence-electron chi connectivity index (χ3n) is 3.24. The van der Waals surface area contributed by atoms with Gasteiger partial charge in [-0.15, -0.1) is 0 Å². The van der Waals surface area contributed by atoms with Crippen LogP contribution in [0, 0.1) is 0 Å². The monoisotopic (exact) mass is 254 g/mol. The Balaban J connectivity index is 2.11. The third-order valence-corrected chi connectivity index (χ3v) is 3.24. The predicted molar refractivity (Wildman–Crippen MR) is 73.3 cm³/mol. The van der Waals surface area contributed by atoms with E-state index in [-0.39, 0.29) is 0 Å². The molecule has 0 fully saturated rings. The Morgan fingerprint density at radius 2 is 1.74 bits per heavy atom. The molecule has 3 aromatic rings. The van der Waals surface area contributed by atoms with Crippen LogP contribution in [0.15, 0.2) is 59.2 Å². The molecule has 0 amide bonds. The number of hydrogen-bond acceptors (Lipinski definition) is 3. The van der Waals surface area contributed by atoms with Gasteiger partial charge in [-0.25, -0.2) is 0 Å². The summed E-state index contributed by atoms with van der Waals surface area (Å²) in [5.41, 5.74) is 2.25. The van der Waals surface area contributed by atoms with Crippen molar-refractivity contribution in [2.75, 3.05) is 7.11 Å². The van der Waals surface area contributed by atoms with E-state index in [2.05, 4.69) is 0 Å². The molecule has 3 nitrogen and oxygen atoms in total. The van der Waals surface area contributed by atoms with Crippen LogP contribution in [0.2, 0.25) is 0 Å². The second-order valence-corrected chi connectivity index (χ2v) is 4.33. The highest BCUT2D eigenvalue weighted by Gasteiger charge is 2.19. The van der Waals surface area contributed by atoms with Crippen molar-refractivity contribution >= 4 is 11.0 Å². The van der Waals surface area contributed by atoms with Gasteiger partial charge in [0.2, 0.25) is 0 Å². The van der Waals surface area contributed by atoms with Gasteiger partial charge in [0.05, 0.1) is 13.4 Å². The Labute approximate surface area is 111 Å². The zero-order chi connectivity index (χ0) is 13.2. The van der Waals surface area contributed by atoms with Crippen LogP contribution in [0.5, 0.6) is 5.75 Å². The fourth-order valence-electron chi connectivity index (χ4n) is 2.27. The van der Waals surface area contributed by atoms with Crippen LogP contribution >= 0.6 is 0 Å². The molecule has 1 heterocycles. The largest absolute Gasteiger partial charge is 0.496 e. The first-order valence-electron chi connectivity index (χ1n) is 6.08. The maximum absolute atomic E-state index is 10.6. The minimum atomic E-state index is -0.764. The number of benzene rings is 2. The Hall–Kier alpha value is -2.26. The van der Waals surface area contributed by atoms with E-state index in [1.807, 2.05) is 48.5 Å². The Morgan fingerprint density at radius 3 is 2.58 bits per heavy atom. The molecule has 3 rings (SSSR count). The molecule has 0 saturated carbocycles. The summed E-state index contributed by atoms with van der Waals surface area (Å²) in [6, 6.07) is 15.1. The Kier molecular flexibility index (Phi) is 2.97. The quantitative estimate of drug-likeness (QED) is 0.777. The highest BCUT2D eigenvalue weighted by molar-refractivity contribution is 5.81. The summed E-state index contributed by atoms with van der Waals surface area (Å²) in [6.45, 7) is 0. The van der Waals surface area contributed by atoms with Gasteiger partial charge in [-0.1, -0.05) is 36.4 Å². The first-order valence-corrected chi connectivity index (χ1v) is 6.08. The van der Waals surface area contributed by atoms with Crippen molar-refractivity contribution in [1.82, 2.24) is 0 Å². The van der Waals surface area contributed by atoms with Crippen LogP contribution in [0.25, 0.3) is 11.0 Å². The fraction of sp³-hybridized carbons (Fsp3) is 0.125. The topological polar surface area (TPSA) is 42.6 Å². The van der Waals surface area contributed by atoms with Crippen molar-refractivity contribution in [3.05, 3.63) is 65.9 Å². The number of rotatable bonds is 3. The summed E-state index contributed by atoms with van der Waals surface area (Å²) in [7, 11) is 1.60. The van der Waals surface area contributed by atoms with Gasteiger partial charge in [0.1, 0.15) is 17.4 Å². The lowest BCUT2D eigenvalue weighted by molar-refractivity contribution is 0.215. The second kappa shape index (κ2) is 4.78. The number of aliphatic hydroxyl groups is 1. The minimum absolute atomic E-state index is 0.667. The van der Waals surface area contributed by atoms with Gasteiger partial charge in [-0.05, 0) is 12.1 Å². The first kappa shape index (κ1) is 11.8. The minimum Gasteiger partial charge on any atom is -0.496 e. The van der Waals surface area contributed by atoms with E-state index in [0.717, 1.165) is 22.1 Å². The molecule has 19 heavy (non-hydrogen) atoms. The van der Waals surface area contributed by atoms with Gasteiger partial charge in [0.15, 0.2) is 0 Å². The maximum atomic E-state index is 10.6. The van der Waals surface area contributed by atoms with Gasteiger partial charge in [-0.2, -0.15) is 0 Å². The number of aliphatic hydroxyl groups excluding tert-OH is 1. The number of methoxy groups -OCH3 is 1. The maximum Gasteiger partial charge on any atom is 0.134 e. The summed E-state index contributed by atoms with van der Waals surface area (Å²) in [6.07, 6.45) is 0.835. The molecule has 96 valence electrons. The van der Waals surface area contributed by atoms with E-state index < -0.39 is 6.10 Å². The first-order chi connectivity index (χ1) is 9.31. The SMILES string of the molecule is COc1ccccc1C(O)c1coc2ccccc12. The molecule has 1 aromatic heterocycles. The summed E-state index contributed by atoms with van der Waals surface area (Å²) in [5, 5.41) is 11.5. The van der Waals surface area contributed by atoms with Crippen LogP contribution in [-0.4, -0.2) is 12.2 Å². The summed E-state index contributed by atoms with van der Waals surface area (Å²) >= 11 is 0. The van der Waals surface area contributed by atoms with E-state index >= 15 is 0 Å². The van der Waals surface area contributed by atoms with Crippen LogP contribution in [0.4, 0.5) is 0 Å². The molecule has 3 heteroatoms. The molecule has 1 atom stereocenters. The van der Waals surface area contributed by atoms with E-state index in [0.29, 0.717) is 5.75 Å². The lowest BCUT2D eigenvalue weighted by Gasteiger charge is -2.13. The zero-order valence-electron chi connectivity index (χ0n) is 10.5. The number of fused-ring (bicyclic) bond motifs is 1. The van der Waals surface area contributed by atoms with Crippen molar-refractivity contribution in [1.29, 1.82) is 0 Å². The molecular weight excluding hydrogens is 240 g/mol. The van der Waals surface area contributed by atoms with Gasteiger partial charge < -0.3 is 14.3 Å². The van der Waals surface area contributed by atoms with E-state index in [1.165, 1.54) is 0 Å². The van der Waals surface area contributed by atoms with E-state index in [4.69, 9.17) is 9.15 Å². The van der Waals surface area contributed by atoms with Gasteiger partial charge in [-0.3, -0.25) is 0 Å². The molecule has 0 aliphatic carbocycles. The molecule has 0 bridgehead atoms. The van der Waals surface area contributed by atoms with Crippen molar-refractivity contribution in [3.63, 3.8) is 0 Å². The third kappa shape index (κ3) is 1.98. The van der Waals surface area contributed by atoms with Crippen LogP contribution in [0.3, 0.4) is 0 Å². The highest BCUT2D eigenvalue weighted by Crippen LogP contribution is 2.34. The molecule has 0 aliphatic heterocycles. The number of ether oxygens (including phenoxy) is 1. The zero-order valence-corrected chi connectivity index (χ0v) is 10.5. The molecule has 0 saturated heterocycles. The second-order valence-electron chi connectivity index (χ2n) is 4.33. The molecular formula is C16H14O3. The van der Waals surface area contributed by atoms with Gasteiger partial charge in [0, 0.05) is 16.5 Å². The summed E-state index contributed by atoms with van der Waals surface area (Å²) < 4.78 is 10.8. The van der Waals surface area contributed by atoms with Crippen molar-refractivity contribution in [2.45, 2.75) is 6.10 Å². The number of hydrogen-bond donors (Lipinski definition) is 1. The van der Waals surface area contributed by atoms with Crippen LogP contribution < -0.4 is 4.74 Å². The van der Waals surface area contributed by atoms with E-state index in [1.54, 1.807) is 13.4 Å². The Bertz CT molecular complexity index is 700. The fourth-order valence-corrected chi connectivity index (χ4v) is 2.27. The van der Waals surface area contributed by atoms with Gasteiger partial charge >= 0.3 is 0 Å². The average Bonchev–Trinajstić information content (AvgIpc) is 2.90. The predicted octanol–water partition coefficient (Wildman–Crippen LogP) is 3.52. The Morgan fingerprint density at radius 1 is 1.00 bits per heavy atom. The normalized spacial score (nSPS) is 12.5. The highest BCUT2D eigenvalue weighted by atomic mass is 16.5. The number of para-hydroxylation sites is 2. The molecule has 0 aliphatic rings. The van der Waals surface area contributed by atoms with Crippen LogP contribution in [0.1, 0.15) is 17.2 Å². The lowest BCUT2D eigenvalue weighted by atomic mass is 10.0. The van der Waals surface area contributed by atoms with Gasteiger partial charge in [0.25, 0.3) is 0 Å². The van der Waals surface area contributed by atoms with Crippen molar-refractivity contribution < 1.29 is 14.3 Å².